The summed E-state index contributed by atoms with van der Waals surface area (Å²) in [5.74, 6) is -2.10. The maximum atomic E-state index is 14.1. The van der Waals surface area contributed by atoms with E-state index >= 15 is 0 Å². The SMILES string of the molecule is C[C@H](/C=C/CC(=O)N(CCO)Cc1ccccc1)[C@@]1(O)C(=O)N(Cc2cccc(NC(=O)c3ccccc3)c2)c2ccc([N+](=O)[O-])cc21. The predicted molar refractivity (Wildman–Crippen MR) is 181 cm³/mol. The lowest BCUT2D eigenvalue weighted by Crippen LogP contribution is -2.44. The number of non-ortho nitro benzene ring substituents is 1. The van der Waals surface area contributed by atoms with Gasteiger partial charge in [0, 0.05) is 54.4 Å². The van der Waals surface area contributed by atoms with E-state index in [9.17, 15) is 34.7 Å². The minimum Gasteiger partial charge on any atom is -0.395 e. The van der Waals surface area contributed by atoms with Crippen LogP contribution in [0.25, 0.3) is 0 Å². The number of nitro benzene ring substituents is 1. The van der Waals surface area contributed by atoms with Gasteiger partial charge in [0.1, 0.15) is 0 Å². The molecule has 246 valence electrons. The number of hydrogen-bond donors (Lipinski definition) is 3. The molecule has 4 aromatic carbocycles. The molecule has 3 amide bonds. The molecule has 11 nitrogen and oxygen atoms in total. The van der Waals surface area contributed by atoms with Gasteiger partial charge in [-0.1, -0.05) is 79.7 Å². The van der Waals surface area contributed by atoms with Gasteiger partial charge in [0.25, 0.3) is 17.5 Å². The maximum Gasteiger partial charge on any atom is 0.269 e. The van der Waals surface area contributed by atoms with Gasteiger partial charge in [-0.3, -0.25) is 24.5 Å². The molecule has 1 aliphatic rings. The molecule has 0 spiro atoms. The molecule has 0 saturated carbocycles. The minimum atomic E-state index is -2.16. The number of benzene rings is 4. The van der Waals surface area contributed by atoms with Gasteiger partial charge in [0.05, 0.1) is 23.8 Å². The van der Waals surface area contributed by atoms with Crippen molar-refractivity contribution >= 4 is 34.8 Å². The Morgan fingerprint density at radius 1 is 0.979 bits per heavy atom. The van der Waals surface area contributed by atoms with Gasteiger partial charge in [-0.15, -0.1) is 0 Å². The topological polar surface area (TPSA) is 153 Å². The average molecular weight is 649 g/mol. The van der Waals surface area contributed by atoms with Crippen LogP contribution in [0.15, 0.2) is 115 Å². The van der Waals surface area contributed by atoms with Crippen LogP contribution in [0.1, 0.15) is 40.4 Å². The van der Waals surface area contributed by atoms with Crippen molar-refractivity contribution in [1.29, 1.82) is 0 Å². The zero-order valence-corrected chi connectivity index (χ0v) is 26.4. The maximum absolute atomic E-state index is 14.1. The summed E-state index contributed by atoms with van der Waals surface area (Å²) in [6.07, 6.45) is 3.07. The number of fused-ring (bicyclic) bond motifs is 1. The fourth-order valence-corrected chi connectivity index (χ4v) is 5.79. The summed E-state index contributed by atoms with van der Waals surface area (Å²) in [4.78, 5) is 53.8. The largest absolute Gasteiger partial charge is 0.395 e. The first-order valence-corrected chi connectivity index (χ1v) is 15.5. The van der Waals surface area contributed by atoms with E-state index in [0.29, 0.717) is 29.0 Å². The van der Waals surface area contributed by atoms with Gasteiger partial charge >= 0.3 is 0 Å². The first-order chi connectivity index (χ1) is 23.1. The van der Waals surface area contributed by atoms with Crippen LogP contribution in [-0.4, -0.2) is 50.9 Å². The van der Waals surface area contributed by atoms with Gasteiger partial charge in [-0.05, 0) is 41.5 Å². The first-order valence-electron chi connectivity index (χ1n) is 15.5. The second-order valence-electron chi connectivity index (χ2n) is 11.6. The van der Waals surface area contributed by atoms with E-state index in [1.54, 1.807) is 67.6 Å². The van der Waals surface area contributed by atoms with Crippen molar-refractivity contribution in [2.45, 2.75) is 32.0 Å². The highest BCUT2D eigenvalue weighted by Gasteiger charge is 2.53. The number of anilines is 2. The van der Waals surface area contributed by atoms with Gasteiger partial charge in [-0.25, -0.2) is 0 Å². The number of rotatable bonds is 13. The summed E-state index contributed by atoms with van der Waals surface area (Å²) in [7, 11) is 0. The zero-order valence-electron chi connectivity index (χ0n) is 26.4. The van der Waals surface area contributed by atoms with E-state index in [4.69, 9.17) is 0 Å². The van der Waals surface area contributed by atoms with Crippen LogP contribution in [0.4, 0.5) is 17.1 Å². The zero-order chi connectivity index (χ0) is 34.3. The van der Waals surface area contributed by atoms with Gasteiger partial charge in [0.2, 0.25) is 5.91 Å². The molecule has 5 rings (SSSR count). The summed E-state index contributed by atoms with van der Waals surface area (Å²) in [6.45, 7) is 1.88. The van der Waals surface area contributed by atoms with Crippen molar-refractivity contribution in [3.05, 3.63) is 148 Å². The summed E-state index contributed by atoms with van der Waals surface area (Å²) in [5.41, 5.74) is 0.525. The van der Waals surface area contributed by atoms with Gasteiger partial charge in [0.15, 0.2) is 5.60 Å². The molecule has 2 atom stereocenters. The molecule has 4 aromatic rings. The van der Waals surface area contributed by atoms with Gasteiger partial charge in [-0.2, -0.15) is 0 Å². The van der Waals surface area contributed by atoms with E-state index in [1.165, 1.54) is 28.0 Å². The lowest BCUT2D eigenvalue weighted by Gasteiger charge is -2.28. The van der Waals surface area contributed by atoms with Crippen molar-refractivity contribution in [2.24, 2.45) is 5.92 Å². The molecule has 3 N–H and O–H groups in total. The molecule has 1 heterocycles. The van der Waals surface area contributed by atoms with Crippen molar-refractivity contribution < 1.29 is 29.5 Å². The Hall–Kier alpha value is -5.65. The van der Waals surface area contributed by atoms with Gasteiger partial charge < -0.3 is 25.3 Å². The summed E-state index contributed by atoms with van der Waals surface area (Å²) in [5, 5.41) is 36.1. The summed E-state index contributed by atoms with van der Waals surface area (Å²) in [6, 6.07) is 29.0. The number of nitrogens with zero attached hydrogens (tertiary/aromatic N) is 3. The lowest BCUT2D eigenvalue weighted by atomic mass is 9.82. The monoisotopic (exact) mass is 648 g/mol. The van der Waals surface area contributed by atoms with Crippen LogP contribution in [0.5, 0.6) is 0 Å². The van der Waals surface area contributed by atoms with Crippen LogP contribution in [-0.2, 0) is 28.3 Å². The lowest BCUT2D eigenvalue weighted by molar-refractivity contribution is -0.385. The second-order valence-corrected chi connectivity index (χ2v) is 11.6. The number of aliphatic hydroxyl groups is 2. The highest BCUT2D eigenvalue weighted by Crippen LogP contribution is 2.47. The highest BCUT2D eigenvalue weighted by atomic mass is 16.6. The molecular weight excluding hydrogens is 612 g/mol. The molecule has 0 radical (unpaired) electrons. The van der Waals surface area contributed by atoms with E-state index in [2.05, 4.69) is 5.32 Å². The minimum absolute atomic E-state index is 0.0194. The molecule has 0 bridgehead atoms. The Morgan fingerprint density at radius 2 is 1.67 bits per heavy atom. The first kappa shape index (κ1) is 33.7. The van der Waals surface area contributed by atoms with Crippen LogP contribution in [0.3, 0.4) is 0 Å². The molecule has 11 heteroatoms. The second kappa shape index (κ2) is 14.8. The molecule has 1 aliphatic heterocycles. The molecule has 0 aliphatic carbocycles. The van der Waals surface area contributed by atoms with E-state index < -0.39 is 22.3 Å². The number of amides is 3. The third-order valence-electron chi connectivity index (χ3n) is 8.34. The molecule has 0 saturated heterocycles. The fraction of sp³-hybridized carbons (Fsp3) is 0.216. The normalized spacial score (nSPS) is 16.1. The Morgan fingerprint density at radius 3 is 2.35 bits per heavy atom. The molecular formula is C37H36N4O7. The molecule has 0 fully saturated rings. The molecule has 0 unspecified atom stereocenters. The van der Waals surface area contributed by atoms with Crippen LogP contribution < -0.4 is 10.2 Å². The third-order valence-corrected chi connectivity index (χ3v) is 8.34. The molecule has 0 aromatic heterocycles. The highest BCUT2D eigenvalue weighted by molar-refractivity contribution is 6.07. The van der Waals surface area contributed by atoms with Crippen molar-refractivity contribution in [3.63, 3.8) is 0 Å². The Labute approximate surface area is 277 Å². The van der Waals surface area contributed by atoms with Crippen molar-refractivity contribution in [3.8, 4) is 0 Å². The van der Waals surface area contributed by atoms with Crippen LogP contribution in [0.2, 0.25) is 0 Å². The van der Waals surface area contributed by atoms with Crippen LogP contribution >= 0.6 is 0 Å². The Kier molecular flexibility index (Phi) is 10.4. The standard InChI is InChI=1S/C37H36N4O7/c1-26(10-8-17-34(43)39(20-21-42)24-27-11-4-2-5-12-27)37(46)32-23-31(41(47)48)18-19-33(32)40(36(37)45)25-28-13-9-16-30(22-28)38-35(44)29-14-6-3-7-15-29/h2-16,18-19,22-23,26,42,46H,17,20-21,24-25H2,1H3,(H,38,44)/b10-8+/t26-,37+/m1/s1. The average Bonchev–Trinajstić information content (AvgIpc) is 3.31. The van der Waals surface area contributed by atoms with Crippen LogP contribution in [0, 0.1) is 16.0 Å². The summed E-state index contributed by atoms with van der Waals surface area (Å²) >= 11 is 0. The van der Waals surface area contributed by atoms with E-state index in [1.807, 2.05) is 36.4 Å². The van der Waals surface area contributed by atoms with E-state index in [0.717, 1.165) is 5.56 Å². The number of carbonyl (C=O) groups is 3. The van der Waals surface area contributed by atoms with Crippen molar-refractivity contribution in [1.82, 2.24) is 4.90 Å². The summed E-state index contributed by atoms with van der Waals surface area (Å²) < 4.78 is 0. The predicted octanol–water partition coefficient (Wildman–Crippen LogP) is 5.19. The Balaban J connectivity index is 1.36. The van der Waals surface area contributed by atoms with Crippen molar-refractivity contribution in [2.75, 3.05) is 23.4 Å². The number of carbonyl (C=O) groups excluding carboxylic acids is 3. The number of aliphatic hydroxyl groups excluding tert-OH is 1. The molecule has 48 heavy (non-hydrogen) atoms. The number of nitro groups is 1. The third kappa shape index (κ3) is 7.33. The quantitative estimate of drug-likeness (QED) is 0.103. The Bertz CT molecular complexity index is 1830. The smallest absolute Gasteiger partial charge is 0.269 e. The fourth-order valence-electron chi connectivity index (χ4n) is 5.79. The number of nitrogens with one attached hydrogen (secondary N) is 1. The number of hydrogen-bond acceptors (Lipinski definition) is 7. The van der Waals surface area contributed by atoms with E-state index in [-0.39, 0.29) is 49.2 Å².